The van der Waals surface area contributed by atoms with Crippen LogP contribution < -0.4 is 4.74 Å². The van der Waals surface area contributed by atoms with Crippen molar-refractivity contribution in [3.8, 4) is 11.8 Å². The number of ether oxygens (including phenoxy) is 1. The molecule has 0 aliphatic carbocycles. The zero-order valence-corrected chi connectivity index (χ0v) is 10.1. The van der Waals surface area contributed by atoms with Gasteiger partial charge in [0, 0.05) is 13.1 Å². The summed E-state index contributed by atoms with van der Waals surface area (Å²) in [5.41, 5.74) is 1.20. The van der Waals surface area contributed by atoms with Gasteiger partial charge in [-0.15, -0.1) is 0 Å². The molecule has 0 aliphatic heterocycles. The molecule has 16 heavy (non-hydrogen) atoms. The van der Waals surface area contributed by atoms with E-state index in [1.807, 2.05) is 32.2 Å². The van der Waals surface area contributed by atoms with Gasteiger partial charge in [0.15, 0.2) is 0 Å². The predicted molar refractivity (Wildman–Crippen MR) is 64.1 cm³/mol. The second-order valence-corrected chi connectivity index (χ2v) is 4.08. The van der Waals surface area contributed by atoms with Crippen LogP contribution in [0.25, 0.3) is 0 Å². The summed E-state index contributed by atoms with van der Waals surface area (Å²) in [6, 6.07) is 10.2. The molecule has 0 fully saturated rings. The van der Waals surface area contributed by atoms with Crippen molar-refractivity contribution in [1.82, 2.24) is 4.90 Å². The highest BCUT2D eigenvalue weighted by atomic mass is 16.5. The molecule has 3 heteroatoms. The van der Waals surface area contributed by atoms with E-state index >= 15 is 0 Å². The van der Waals surface area contributed by atoms with Crippen molar-refractivity contribution in [2.24, 2.45) is 5.92 Å². The Hall–Kier alpha value is -1.53. The Morgan fingerprint density at radius 2 is 2.25 bits per heavy atom. The van der Waals surface area contributed by atoms with E-state index in [0.29, 0.717) is 0 Å². The largest absolute Gasteiger partial charge is 0.497 e. The average Bonchev–Trinajstić information content (AvgIpc) is 2.28. The summed E-state index contributed by atoms with van der Waals surface area (Å²) in [7, 11) is 3.69. The maximum Gasteiger partial charge on any atom is 0.119 e. The summed E-state index contributed by atoms with van der Waals surface area (Å²) < 4.78 is 5.17. The number of hydrogen-bond donors (Lipinski definition) is 0. The Kier molecular flexibility index (Phi) is 4.81. The summed E-state index contributed by atoms with van der Waals surface area (Å²) in [6.45, 7) is 3.55. The Morgan fingerprint density at radius 3 is 2.88 bits per heavy atom. The van der Waals surface area contributed by atoms with Gasteiger partial charge in [-0.05, 0) is 31.7 Å². The molecule has 0 aliphatic rings. The zero-order valence-electron chi connectivity index (χ0n) is 10.1. The molecule has 1 atom stereocenters. The maximum atomic E-state index is 8.74. The first-order valence-electron chi connectivity index (χ1n) is 5.36. The molecule has 0 saturated carbocycles. The standard InChI is InChI=1S/C13H18N2O/c1-11(8-14)9-15(2)10-12-5-4-6-13(7-12)16-3/h4-7,11H,9-10H2,1-3H3. The Labute approximate surface area is 97.3 Å². The first kappa shape index (κ1) is 12.5. The van der Waals surface area contributed by atoms with Crippen molar-refractivity contribution in [2.45, 2.75) is 13.5 Å². The summed E-state index contributed by atoms with van der Waals surface area (Å²) >= 11 is 0. The Morgan fingerprint density at radius 1 is 1.50 bits per heavy atom. The third-order valence-corrected chi connectivity index (χ3v) is 2.39. The fourth-order valence-electron chi connectivity index (χ4n) is 1.66. The van der Waals surface area contributed by atoms with Crippen molar-refractivity contribution < 1.29 is 4.74 Å². The highest BCUT2D eigenvalue weighted by Crippen LogP contribution is 2.14. The molecule has 0 N–H and O–H groups in total. The van der Waals surface area contributed by atoms with Crippen molar-refractivity contribution >= 4 is 0 Å². The molecule has 0 radical (unpaired) electrons. The molecule has 0 amide bonds. The van der Waals surface area contributed by atoms with Gasteiger partial charge in [-0.25, -0.2) is 0 Å². The lowest BCUT2D eigenvalue weighted by molar-refractivity contribution is 0.302. The SMILES string of the molecule is COc1cccc(CN(C)CC(C)C#N)c1. The van der Waals surface area contributed by atoms with Crippen LogP contribution in [-0.4, -0.2) is 25.6 Å². The van der Waals surface area contributed by atoms with Gasteiger partial charge < -0.3 is 9.64 Å². The highest BCUT2D eigenvalue weighted by Gasteiger charge is 2.06. The van der Waals surface area contributed by atoms with Crippen LogP contribution in [0.2, 0.25) is 0 Å². The molecule has 1 rings (SSSR count). The monoisotopic (exact) mass is 218 g/mol. The van der Waals surface area contributed by atoms with Gasteiger partial charge in [-0.3, -0.25) is 0 Å². The summed E-state index contributed by atoms with van der Waals surface area (Å²) in [4.78, 5) is 2.14. The molecule has 0 spiro atoms. The van der Waals surface area contributed by atoms with Crippen LogP contribution >= 0.6 is 0 Å². The molecule has 1 aromatic rings. The van der Waals surface area contributed by atoms with Gasteiger partial charge in [0.2, 0.25) is 0 Å². The third kappa shape index (κ3) is 3.92. The fourth-order valence-corrected chi connectivity index (χ4v) is 1.66. The van der Waals surface area contributed by atoms with E-state index in [0.717, 1.165) is 18.8 Å². The summed E-state index contributed by atoms with van der Waals surface area (Å²) in [6.07, 6.45) is 0. The zero-order chi connectivity index (χ0) is 12.0. The minimum absolute atomic E-state index is 0.0654. The van der Waals surface area contributed by atoms with Crippen LogP contribution in [0, 0.1) is 17.2 Å². The van der Waals surface area contributed by atoms with E-state index < -0.39 is 0 Å². The fraction of sp³-hybridized carbons (Fsp3) is 0.462. The number of rotatable bonds is 5. The minimum Gasteiger partial charge on any atom is -0.497 e. The van der Waals surface area contributed by atoms with Crippen molar-refractivity contribution in [3.05, 3.63) is 29.8 Å². The quantitative estimate of drug-likeness (QED) is 0.760. The lowest BCUT2D eigenvalue weighted by Gasteiger charge is -2.18. The number of methoxy groups -OCH3 is 1. The number of nitrogens with zero attached hydrogens (tertiary/aromatic N) is 2. The van der Waals surface area contributed by atoms with E-state index in [1.54, 1.807) is 7.11 Å². The second-order valence-electron chi connectivity index (χ2n) is 4.08. The van der Waals surface area contributed by atoms with Crippen molar-refractivity contribution in [1.29, 1.82) is 5.26 Å². The van der Waals surface area contributed by atoms with Crippen LogP contribution in [0.4, 0.5) is 0 Å². The van der Waals surface area contributed by atoms with Crippen LogP contribution in [0.1, 0.15) is 12.5 Å². The number of hydrogen-bond acceptors (Lipinski definition) is 3. The molecular weight excluding hydrogens is 200 g/mol. The maximum absolute atomic E-state index is 8.74. The molecule has 0 bridgehead atoms. The Balaban J connectivity index is 2.56. The lowest BCUT2D eigenvalue weighted by Crippen LogP contribution is -2.23. The normalized spacial score (nSPS) is 12.2. The minimum atomic E-state index is 0.0654. The molecule has 0 saturated heterocycles. The second kappa shape index (κ2) is 6.14. The summed E-state index contributed by atoms with van der Waals surface area (Å²) in [5.74, 6) is 0.940. The summed E-state index contributed by atoms with van der Waals surface area (Å²) in [5, 5.41) is 8.74. The molecule has 0 aromatic heterocycles. The third-order valence-electron chi connectivity index (χ3n) is 2.39. The molecule has 86 valence electrons. The first-order valence-corrected chi connectivity index (χ1v) is 5.36. The number of benzene rings is 1. The van der Waals surface area contributed by atoms with Gasteiger partial charge in [0.1, 0.15) is 5.75 Å². The molecule has 3 nitrogen and oxygen atoms in total. The van der Waals surface area contributed by atoms with Crippen LogP contribution in [0.5, 0.6) is 5.75 Å². The van der Waals surface area contributed by atoms with Crippen molar-refractivity contribution in [2.75, 3.05) is 20.7 Å². The van der Waals surface area contributed by atoms with E-state index in [2.05, 4.69) is 17.0 Å². The van der Waals surface area contributed by atoms with Gasteiger partial charge in [0.05, 0.1) is 19.1 Å². The average molecular weight is 218 g/mol. The molecule has 1 unspecified atom stereocenters. The Bertz CT molecular complexity index is 370. The van der Waals surface area contributed by atoms with Crippen molar-refractivity contribution in [3.63, 3.8) is 0 Å². The van der Waals surface area contributed by atoms with E-state index in [4.69, 9.17) is 10.00 Å². The topological polar surface area (TPSA) is 36.3 Å². The van der Waals surface area contributed by atoms with Crippen LogP contribution in [-0.2, 0) is 6.54 Å². The van der Waals surface area contributed by atoms with Gasteiger partial charge >= 0.3 is 0 Å². The van der Waals surface area contributed by atoms with Crippen LogP contribution in [0.3, 0.4) is 0 Å². The van der Waals surface area contributed by atoms with Gasteiger partial charge in [-0.1, -0.05) is 12.1 Å². The highest BCUT2D eigenvalue weighted by molar-refractivity contribution is 5.28. The molecular formula is C13H18N2O. The van der Waals surface area contributed by atoms with E-state index in [9.17, 15) is 0 Å². The van der Waals surface area contributed by atoms with Crippen LogP contribution in [0.15, 0.2) is 24.3 Å². The first-order chi connectivity index (χ1) is 7.65. The molecule has 0 heterocycles. The van der Waals surface area contributed by atoms with Gasteiger partial charge in [-0.2, -0.15) is 5.26 Å². The smallest absolute Gasteiger partial charge is 0.119 e. The van der Waals surface area contributed by atoms with Gasteiger partial charge in [0.25, 0.3) is 0 Å². The predicted octanol–water partition coefficient (Wildman–Crippen LogP) is 2.29. The lowest BCUT2D eigenvalue weighted by atomic mass is 10.1. The number of nitriles is 1. The van der Waals surface area contributed by atoms with E-state index in [1.165, 1.54) is 5.56 Å². The van der Waals surface area contributed by atoms with E-state index in [-0.39, 0.29) is 5.92 Å². The molecule has 1 aromatic carbocycles.